The second-order valence-electron chi connectivity index (χ2n) is 6.10. The molecule has 0 spiro atoms. The van der Waals surface area contributed by atoms with E-state index in [0.717, 1.165) is 26.9 Å². The quantitative estimate of drug-likeness (QED) is 0.622. The molecule has 0 N–H and O–H groups in total. The molecule has 2 aromatic rings. The highest BCUT2D eigenvalue weighted by atomic mass is 79.9. The molecule has 0 saturated heterocycles. The molecule has 0 aliphatic rings. The highest BCUT2D eigenvalue weighted by Gasteiger charge is 2.20. The highest BCUT2D eigenvalue weighted by molar-refractivity contribution is 9.10. The van der Waals surface area contributed by atoms with Crippen molar-refractivity contribution in [1.82, 2.24) is 4.98 Å². The van der Waals surface area contributed by atoms with Crippen molar-refractivity contribution in [3.63, 3.8) is 0 Å². The summed E-state index contributed by atoms with van der Waals surface area (Å²) in [4.78, 5) is 4.34. The zero-order valence-electron chi connectivity index (χ0n) is 12.7. The fourth-order valence-corrected chi connectivity index (χ4v) is 2.66. The fourth-order valence-electron chi connectivity index (χ4n) is 2.09. The molecule has 0 fully saturated rings. The Hall–Kier alpha value is -1.06. The zero-order chi connectivity index (χ0) is 15.6. The van der Waals surface area contributed by atoms with Crippen LogP contribution in [0.5, 0.6) is 11.6 Å². The van der Waals surface area contributed by atoms with Gasteiger partial charge in [0.2, 0.25) is 5.88 Å². The van der Waals surface area contributed by atoms with Crippen molar-refractivity contribution in [3.05, 3.63) is 51.6 Å². The molecule has 21 heavy (non-hydrogen) atoms. The van der Waals surface area contributed by atoms with Crippen LogP contribution in [0.4, 0.5) is 0 Å². The van der Waals surface area contributed by atoms with Gasteiger partial charge in [-0.15, -0.1) is 11.6 Å². The summed E-state index contributed by atoms with van der Waals surface area (Å²) >= 11 is 9.39. The monoisotopic (exact) mass is 367 g/mol. The zero-order valence-corrected chi connectivity index (χ0v) is 15.0. The van der Waals surface area contributed by atoms with Crippen molar-refractivity contribution >= 4 is 27.5 Å². The number of ether oxygens (including phenoxy) is 1. The summed E-state index contributed by atoms with van der Waals surface area (Å²) < 4.78 is 6.97. The molecular weight excluding hydrogens is 350 g/mol. The second-order valence-corrected chi connectivity index (χ2v) is 7.29. The first-order valence-corrected chi connectivity index (χ1v) is 8.13. The Kier molecular flexibility index (Phi) is 4.95. The number of rotatable bonds is 3. The largest absolute Gasteiger partial charge is 0.438 e. The van der Waals surface area contributed by atoms with E-state index in [-0.39, 0.29) is 5.41 Å². The van der Waals surface area contributed by atoms with Crippen LogP contribution in [0.1, 0.15) is 37.5 Å². The first-order chi connectivity index (χ1) is 9.81. The van der Waals surface area contributed by atoms with Crippen LogP contribution in [-0.2, 0) is 11.3 Å². The van der Waals surface area contributed by atoms with Gasteiger partial charge >= 0.3 is 0 Å². The Bertz CT molecular complexity index is 650. The second kappa shape index (κ2) is 6.37. The van der Waals surface area contributed by atoms with Gasteiger partial charge in [0.1, 0.15) is 5.75 Å². The number of pyridine rings is 1. The molecule has 0 aliphatic carbocycles. The maximum atomic E-state index is 6.08. The minimum atomic E-state index is -0.000471. The van der Waals surface area contributed by atoms with Gasteiger partial charge in [-0.05, 0) is 46.0 Å². The number of hydrogen-bond donors (Lipinski definition) is 0. The lowest BCUT2D eigenvalue weighted by Crippen LogP contribution is -2.13. The molecule has 0 radical (unpaired) electrons. The Balaban J connectivity index is 2.46. The van der Waals surface area contributed by atoms with Gasteiger partial charge in [0.15, 0.2) is 0 Å². The van der Waals surface area contributed by atoms with Crippen LogP contribution in [0.15, 0.2) is 34.9 Å². The molecule has 112 valence electrons. The van der Waals surface area contributed by atoms with E-state index in [4.69, 9.17) is 16.3 Å². The topological polar surface area (TPSA) is 22.1 Å². The lowest BCUT2D eigenvalue weighted by Gasteiger charge is -2.23. The van der Waals surface area contributed by atoms with Gasteiger partial charge in [0, 0.05) is 21.8 Å². The summed E-state index contributed by atoms with van der Waals surface area (Å²) in [7, 11) is 0. The van der Waals surface area contributed by atoms with E-state index in [1.54, 1.807) is 6.20 Å². The minimum Gasteiger partial charge on any atom is -0.438 e. The van der Waals surface area contributed by atoms with E-state index in [1.807, 2.05) is 12.1 Å². The van der Waals surface area contributed by atoms with Gasteiger partial charge in [-0.25, -0.2) is 4.98 Å². The first kappa shape index (κ1) is 16.3. The number of benzene rings is 1. The lowest BCUT2D eigenvalue weighted by molar-refractivity contribution is 0.435. The smallest absolute Gasteiger partial charge is 0.223 e. The third-order valence-corrected chi connectivity index (χ3v) is 3.91. The van der Waals surface area contributed by atoms with Crippen molar-refractivity contribution in [2.75, 3.05) is 0 Å². The van der Waals surface area contributed by atoms with Gasteiger partial charge in [0.25, 0.3) is 0 Å². The fraction of sp³-hybridized carbons (Fsp3) is 0.353. The summed E-state index contributed by atoms with van der Waals surface area (Å²) in [6.45, 7) is 8.56. The Labute approximate surface area is 139 Å². The maximum absolute atomic E-state index is 6.08. The molecular formula is C17H19BrClNO. The summed E-state index contributed by atoms with van der Waals surface area (Å²) in [5.74, 6) is 1.76. The van der Waals surface area contributed by atoms with Crippen LogP contribution in [-0.4, -0.2) is 4.98 Å². The number of aromatic nitrogens is 1. The van der Waals surface area contributed by atoms with Gasteiger partial charge in [-0.2, -0.15) is 0 Å². The van der Waals surface area contributed by atoms with Crippen molar-refractivity contribution in [3.8, 4) is 11.6 Å². The number of alkyl halides is 1. The molecule has 0 unspecified atom stereocenters. The SMILES string of the molecule is Cc1ccc(C(C)(C)C)c(Oc2ncc(Br)cc2CCl)c1. The number of hydrogen-bond acceptors (Lipinski definition) is 2. The Morgan fingerprint density at radius 1 is 1.24 bits per heavy atom. The molecule has 0 bridgehead atoms. The summed E-state index contributed by atoms with van der Waals surface area (Å²) in [6, 6.07) is 8.19. The molecule has 4 heteroatoms. The molecule has 1 aromatic heterocycles. The molecule has 1 heterocycles. The lowest BCUT2D eigenvalue weighted by atomic mass is 9.86. The Morgan fingerprint density at radius 2 is 1.95 bits per heavy atom. The normalized spacial score (nSPS) is 11.5. The van der Waals surface area contributed by atoms with Crippen molar-refractivity contribution in [1.29, 1.82) is 0 Å². The number of nitrogens with zero attached hydrogens (tertiary/aromatic N) is 1. The average molecular weight is 369 g/mol. The summed E-state index contributed by atoms with van der Waals surface area (Å²) in [6.07, 6.45) is 1.72. The predicted molar refractivity (Wildman–Crippen MR) is 91.4 cm³/mol. The van der Waals surface area contributed by atoms with Crippen LogP contribution in [0.25, 0.3) is 0 Å². The maximum Gasteiger partial charge on any atom is 0.223 e. The number of aryl methyl sites for hydroxylation is 1. The highest BCUT2D eigenvalue weighted by Crippen LogP contribution is 2.35. The summed E-state index contributed by atoms with van der Waals surface area (Å²) in [5.41, 5.74) is 3.17. The Morgan fingerprint density at radius 3 is 2.57 bits per heavy atom. The third kappa shape index (κ3) is 3.98. The van der Waals surface area contributed by atoms with E-state index in [9.17, 15) is 0 Å². The molecule has 0 saturated carbocycles. The number of halogens is 2. The third-order valence-electron chi connectivity index (χ3n) is 3.19. The predicted octanol–water partition coefficient (Wildman–Crippen LogP) is 5.98. The van der Waals surface area contributed by atoms with Gasteiger partial charge in [-0.1, -0.05) is 32.9 Å². The van der Waals surface area contributed by atoms with Crippen LogP contribution < -0.4 is 4.74 Å². The molecule has 0 aliphatic heterocycles. The standard InChI is InChI=1S/C17H19BrClNO/c1-11-5-6-14(17(2,3)4)15(7-11)21-16-12(9-19)8-13(18)10-20-16/h5-8,10H,9H2,1-4H3. The van der Waals surface area contributed by atoms with Crippen LogP contribution in [0.2, 0.25) is 0 Å². The van der Waals surface area contributed by atoms with E-state index in [2.05, 4.69) is 60.7 Å². The van der Waals surface area contributed by atoms with Gasteiger partial charge < -0.3 is 4.74 Å². The van der Waals surface area contributed by atoms with Crippen LogP contribution in [0, 0.1) is 6.92 Å². The first-order valence-electron chi connectivity index (χ1n) is 6.80. The molecule has 2 nitrogen and oxygen atoms in total. The molecule has 1 aromatic carbocycles. The van der Waals surface area contributed by atoms with Crippen molar-refractivity contribution in [2.45, 2.75) is 39.0 Å². The van der Waals surface area contributed by atoms with Gasteiger partial charge in [-0.3, -0.25) is 0 Å². The molecule has 0 atom stereocenters. The average Bonchev–Trinajstić information content (AvgIpc) is 2.39. The van der Waals surface area contributed by atoms with Crippen molar-refractivity contribution < 1.29 is 4.74 Å². The van der Waals surface area contributed by atoms with E-state index in [1.165, 1.54) is 0 Å². The van der Waals surface area contributed by atoms with Crippen LogP contribution in [0.3, 0.4) is 0 Å². The molecule has 0 amide bonds. The minimum absolute atomic E-state index is 0.000471. The summed E-state index contributed by atoms with van der Waals surface area (Å²) in [5, 5.41) is 0. The van der Waals surface area contributed by atoms with Crippen molar-refractivity contribution in [2.24, 2.45) is 0 Å². The van der Waals surface area contributed by atoms with E-state index < -0.39 is 0 Å². The van der Waals surface area contributed by atoms with Gasteiger partial charge in [0.05, 0.1) is 5.88 Å². The van der Waals surface area contributed by atoms with Crippen LogP contribution >= 0.6 is 27.5 Å². The van der Waals surface area contributed by atoms with E-state index >= 15 is 0 Å². The van der Waals surface area contributed by atoms with E-state index in [0.29, 0.717) is 11.8 Å². The molecule has 2 rings (SSSR count).